The van der Waals surface area contributed by atoms with Crippen molar-refractivity contribution in [2.75, 3.05) is 6.54 Å². The molecule has 0 radical (unpaired) electrons. The molecule has 120 valence electrons. The molecule has 0 saturated carbocycles. The highest BCUT2D eigenvalue weighted by molar-refractivity contribution is 5.23. The number of nitrogens with one attached hydrogen (secondary N) is 1. The molecule has 23 heavy (non-hydrogen) atoms. The monoisotopic (exact) mass is 314 g/mol. The van der Waals surface area contributed by atoms with Crippen LogP contribution in [-0.2, 0) is 0 Å². The van der Waals surface area contributed by atoms with E-state index in [0.717, 1.165) is 6.54 Å². The highest BCUT2D eigenvalue weighted by atomic mass is 16.6. The van der Waals surface area contributed by atoms with E-state index in [2.05, 4.69) is 5.32 Å². The average molecular weight is 314 g/mol. The zero-order valence-electron chi connectivity index (χ0n) is 12.2. The fourth-order valence-corrected chi connectivity index (χ4v) is 2.31. The van der Waals surface area contributed by atoms with Crippen LogP contribution in [0.15, 0.2) is 60.7 Å². The Kier molecular flexibility index (Phi) is 5.65. The van der Waals surface area contributed by atoms with Gasteiger partial charge >= 0.3 is 0 Å². The van der Waals surface area contributed by atoms with E-state index < -0.39 is 21.9 Å². The topological polar surface area (TPSA) is 98.3 Å². The largest absolute Gasteiger partial charge is 0.319 e. The van der Waals surface area contributed by atoms with Gasteiger partial charge in [-0.1, -0.05) is 66.2 Å². The molecule has 0 aliphatic carbocycles. The van der Waals surface area contributed by atoms with E-state index in [0.29, 0.717) is 11.1 Å². The maximum atomic E-state index is 10.9. The molecule has 0 aromatic heterocycles. The Morgan fingerprint density at radius 3 is 1.91 bits per heavy atom. The van der Waals surface area contributed by atoms with Crippen LogP contribution in [-0.4, -0.2) is 16.4 Å². The van der Waals surface area contributed by atoms with Crippen molar-refractivity contribution in [3.05, 3.63) is 98.6 Å². The molecule has 2 aromatic rings. The SMILES string of the molecule is O=[N+]([O-])[CH-]C(NC(C[N+](=O)[O-])c1ccccc1)c1ccccc1. The van der Waals surface area contributed by atoms with Gasteiger partial charge in [0, 0.05) is 4.92 Å². The minimum absolute atomic E-state index is 0.362. The number of nitro groups is 2. The Morgan fingerprint density at radius 1 is 0.913 bits per heavy atom. The van der Waals surface area contributed by atoms with Crippen molar-refractivity contribution in [1.82, 2.24) is 5.32 Å². The first kappa shape index (κ1) is 16.4. The van der Waals surface area contributed by atoms with Crippen molar-refractivity contribution >= 4 is 0 Å². The Morgan fingerprint density at radius 2 is 1.43 bits per heavy atom. The molecule has 0 spiro atoms. The van der Waals surface area contributed by atoms with Gasteiger partial charge in [0.2, 0.25) is 6.54 Å². The molecule has 1 N–H and O–H groups in total. The summed E-state index contributed by atoms with van der Waals surface area (Å²) in [5.74, 6) is 0. The molecule has 2 atom stereocenters. The molecule has 0 heterocycles. The summed E-state index contributed by atoms with van der Waals surface area (Å²) >= 11 is 0. The second-order valence-electron chi connectivity index (χ2n) is 4.97. The van der Waals surface area contributed by atoms with Crippen LogP contribution in [0.2, 0.25) is 0 Å². The fraction of sp³-hybridized carbons (Fsp3) is 0.188. The molecule has 7 nitrogen and oxygen atoms in total. The standard InChI is InChI=1S/C16H16N3O4/c20-18(21)11-15(13-7-3-1-4-8-13)17-16(12-19(22)23)14-9-5-2-6-10-14/h1-11,15-17H,12H2/q-1. The van der Waals surface area contributed by atoms with Crippen molar-refractivity contribution in [3.63, 3.8) is 0 Å². The minimum atomic E-state index is -0.726. The summed E-state index contributed by atoms with van der Waals surface area (Å²) < 4.78 is 0. The van der Waals surface area contributed by atoms with Gasteiger partial charge in [-0.15, -0.1) is 4.92 Å². The normalized spacial score (nSPS) is 13.0. The average Bonchev–Trinajstić information content (AvgIpc) is 2.54. The summed E-state index contributed by atoms with van der Waals surface area (Å²) in [5.41, 5.74) is 1.38. The Hall–Kier alpha value is -2.93. The quantitative estimate of drug-likeness (QED) is 0.459. The lowest BCUT2D eigenvalue weighted by molar-refractivity contribution is -0.485. The minimum Gasteiger partial charge on any atom is -0.319 e. The van der Waals surface area contributed by atoms with Gasteiger partial charge in [0.25, 0.3) is 0 Å². The van der Waals surface area contributed by atoms with Gasteiger partial charge in [0.05, 0.1) is 6.04 Å². The third kappa shape index (κ3) is 5.08. The van der Waals surface area contributed by atoms with E-state index in [9.17, 15) is 20.2 Å². The van der Waals surface area contributed by atoms with Gasteiger partial charge in [0.1, 0.15) is 0 Å². The van der Waals surface area contributed by atoms with Crippen LogP contribution < -0.4 is 5.32 Å². The van der Waals surface area contributed by atoms with E-state index in [4.69, 9.17) is 0 Å². The lowest BCUT2D eigenvalue weighted by Crippen LogP contribution is -2.32. The zero-order valence-corrected chi connectivity index (χ0v) is 12.2. The van der Waals surface area contributed by atoms with Crippen LogP contribution in [0, 0.1) is 26.8 Å². The summed E-state index contributed by atoms with van der Waals surface area (Å²) in [4.78, 5) is 20.9. The molecule has 0 amide bonds. The summed E-state index contributed by atoms with van der Waals surface area (Å²) in [6.07, 6.45) is 0. The van der Waals surface area contributed by atoms with E-state index in [1.54, 1.807) is 54.6 Å². The molecular weight excluding hydrogens is 298 g/mol. The van der Waals surface area contributed by atoms with Gasteiger partial charge in [0.15, 0.2) is 0 Å². The number of rotatable bonds is 8. The third-order valence-corrected chi connectivity index (χ3v) is 3.34. The predicted molar refractivity (Wildman–Crippen MR) is 84.7 cm³/mol. The maximum absolute atomic E-state index is 10.9. The number of nitrogens with zero attached hydrogens (tertiary/aromatic N) is 2. The van der Waals surface area contributed by atoms with E-state index >= 15 is 0 Å². The molecule has 0 saturated heterocycles. The molecule has 0 aliphatic heterocycles. The smallest absolute Gasteiger partial charge is 0.223 e. The van der Waals surface area contributed by atoms with Crippen molar-refractivity contribution in [2.45, 2.75) is 12.1 Å². The molecular formula is C16H16N3O4-. The van der Waals surface area contributed by atoms with Crippen LogP contribution in [0.3, 0.4) is 0 Å². The van der Waals surface area contributed by atoms with Crippen LogP contribution in [0.5, 0.6) is 0 Å². The summed E-state index contributed by atoms with van der Waals surface area (Å²) in [6, 6.07) is 16.3. The lowest BCUT2D eigenvalue weighted by atomic mass is 10.0. The molecule has 0 aliphatic rings. The number of hydrogen-bond acceptors (Lipinski definition) is 5. The first-order valence-electron chi connectivity index (χ1n) is 7.02. The van der Waals surface area contributed by atoms with E-state index in [1.807, 2.05) is 6.07 Å². The molecule has 2 aromatic carbocycles. The highest BCUT2D eigenvalue weighted by Gasteiger charge is 2.21. The summed E-state index contributed by atoms with van der Waals surface area (Å²) in [6.45, 7) is 0.546. The van der Waals surface area contributed by atoms with E-state index in [-0.39, 0.29) is 6.54 Å². The first-order chi connectivity index (χ1) is 11.1. The number of benzene rings is 2. The molecule has 0 bridgehead atoms. The Bertz CT molecular complexity index is 591. The maximum Gasteiger partial charge on any atom is 0.223 e. The van der Waals surface area contributed by atoms with Crippen molar-refractivity contribution in [1.29, 1.82) is 0 Å². The zero-order chi connectivity index (χ0) is 16.7. The van der Waals surface area contributed by atoms with Crippen molar-refractivity contribution in [2.24, 2.45) is 0 Å². The van der Waals surface area contributed by atoms with Crippen LogP contribution in [0.1, 0.15) is 23.2 Å². The second-order valence-corrected chi connectivity index (χ2v) is 4.97. The number of hydrogen-bond donors (Lipinski definition) is 1. The molecule has 2 rings (SSSR count). The molecule has 0 fully saturated rings. The van der Waals surface area contributed by atoms with Crippen LogP contribution in [0.25, 0.3) is 0 Å². The Labute approximate surface area is 133 Å². The van der Waals surface area contributed by atoms with E-state index in [1.165, 1.54) is 0 Å². The fourth-order valence-electron chi connectivity index (χ4n) is 2.31. The van der Waals surface area contributed by atoms with Gasteiger partial charge in [-0.05, 0) is 18.2 Å². The van der Waals surface area contributed by atoms with Gasteiger partial charge in [-0.3, -0.25) is 20.2 Å². The van der Waals surface area contributed by atoms with Gasteiger partial charge in [-0.25, -0.2) is 0 Å². The van der Waals surface area contributed by atoms with Crippen LogP contribution in [0.4, 0.5) is 0 Å². The highest BCUT2D eigenvalue weighted by Crippen LogP contribution is 2.22. The van der Waals surface area contributed by atoms with Gasteiger partial charge in [-0.2, -0.15) is 0 Å². The van der Waals surface area contributed by atoms with Crippen molar-refractivity contribution in [3.8, 4) is 0 Å². The lowest BCUT2D eigenvalue weighted by Gasteiger charge is -2.27. The molecule has 2 unspecified atom stereocenters. The van der Waals surface area contributed by atoms with Crippen LogP contribution >= 0.6 is 0 Å². The summed E-state index contributed by atoms with van der Waals surface area (Å²) in [5, 5.41) is 24.9. The molecule has 7 heteroatoms. The second kappa shape index (κ2) is 7.90. The third-order valence-electron chi connectivity index (χ3n) is 3.34. The predicted octanol–water partition coefficient (Wildman–Crippen LogP) is 2.77. The van der Waals surface area contributed by atoms with Crippen molar-refractivity contribution < 1.29 is 9.85 Å². The summed E-state index contributed by atoms with van der Waals surface area (Å²) in [7, 11) is 0. The Balaban J connectivity index is 2.26. The first-order valence-corrected chi connectivity index (χ1v) is 7.02. The van der Waals surface area contributed by atoms with Gasteiger partial charge < -0.3 is 5.32 Å².